The second kappa shape index (κ2) is 4.50. The van der Waals surface area contributed by atoms with Crippen LogP contribution in [-0.2, 0) is 0 Å². The van der Waals surface area contributed by atoms with Crippen molar-refractivity contribution < 1.29 is 4.79 Å². The lowest BCUT2D eigenvalue weighted by Crippen LogP contribution is -2.08. The molecule has 88 valence electrons. The number of carbonyl (C=O) groups excluding carboxylic acids is 1. The van der Waals surface area contributed by atoms with Crippen LogP contribution in [0.15, 0.2) is 23.3 Å². The molecular formula is C11H12N4OS. The predicted molar refractivity (Wildman–Crippen MR) is 71.0 cm³/mol. The Morgan fingerprint density at radius 1 is 1.59 bits per heavy atom. The molecule has 0 unspecified atom stereocenters. The van der Waals surface area contributed by atoms with E-state index < -0.39 is 0 Å². The number of fused-ring (bicyclic) bond motifs is 1. The van der Waals surface area contributed by atoms with Crippen LogP contribution in [0.1, 0.15) is 9.67 Å². The normalized spacial score (nSPS) is 11.2. The Labute approximate surface area is 103 Å². The van der Waals surface area contributed by atoms with Gasteiger partial charge in [-0.3, -0.25) is 4.79 Å². The van der Waals surface area contributed by atoms with Crippen molar-refractivity contribution in [2.24, 2.45) is 10.7 Å². The number of aromatic nitrogens is 1. The monoisotopic (exact) mass is 248 g/mol. The predicted octanol–water partition coefficient (Wildman–Crippen LogP) is 1.49. The van der Waals surface area contributed by atoms with E-state index in [4.69, 9.17) is 5.73 Å². The van der Waals surface area contributed by atoms with Gasteiger partial charge in [0.25, 0.3) is 5.91 Å². The standard InChI is InChI=1S/C11H12N4OS/c1-15(2)8-3-4-13-11-7(8)5-9(17-11)10(16)14-6-12/h3-6H,1-2H3,(H2,12,14,16). The molecule has 0 saturated carbocycles. The SMILES string of the molecule is CN(C)c1ccnc2sc(C(=O)N=CN)cc12. The number of aliphatic imine (C=N–C) groups is 1. The molecule has 0 radical (unpaired) electrons. The highest BCUT2D eigenvalue weighted by atomic mass is 32.1. The summed E-state index contributed by atoms with van der Waals surface area (Å²) in [7, 11) is 3.90. The quantitative estimate of drug-likeness (QED) is 0.645. The zero-order valence-electron chi connectivity index (χ0n) is 9.54. The molecule has 0 spiro atoms. The minimum absolute atomic E-state index is 0.333. The highest BCUT2D eigenvalue weighted by Gasteiger charge is 2.12. The minimum atomic E-state index is -0.333. The molecule has 0 bridgehead atoms. The van der Waals surface area contributed by atoms with Gasteiger partial charge in [0.2, 0.25) is 0 Å². The van der Waals surface area contributed by atoms with Crippen LogP contribution in [0.3, 0.4) is 0 Å². The number of anilines is 1. The van der Waals surface area contributed by atoms with Crippen molar-refractivity contribution in [3.63, 3.8) is 0 Å². The first-order valence-corrected chi connectivity index (χ1v) is 5.79. The van der Waals surface area contributed by atoms with Crippen LogP contribution in [0, 0.1) is 0 Å². The summed E-state index contributed by atoms with van der Waals surface area (Å²) < 4.78 is 0. The maximum Gasteiger partial charge on any atom is 0.288 e. The molecule has 0 aromatic carbocycles. The summed E-state index contributed by atoms with van der Waals surface area (Å²) in [6.45, 7) is 0. The second-order valence-corrected chi connectivity index (χ2v) is 4.67. The number of hydrogen-bond donors (Lipinski definition) is 1. The first kappa shape index (κ1) is 11.5. The smallest absolute Gasteiger partial charge is 0.288 e. The topological polar surface area (TPSA) is 71.6 Å². The minimum Gasteiger partial charge on any atom is -0.390 e. The Balaban J connectivity index is 2.57. The molecule has 0 atom stereocenters. The van der Waals surface area contributed by atoms with E-state index in [-0.39, 0.29) is 5.91 Å². The number of carbonyl (C=O) groups is 1. The van der Waals surface area contributed by atoms with Gasteiger partial charge in [0, 0.05) is 31.4 Å². The summed E-state index contributed by atoms with van der Waals surface area (Å²) in [5.74, 6) is -0.333. The van der Waals surface area contributed by atoms with Gasteiger partial charge >= 0.3 is 0 Å². The van der Waals surface area contributed by atoms with Gasteiger partial charge in [-0.25, -0.2) is 4.98 Å². The van der Waals surface area contributed by atoms with E-state index in [1.54, 1.807) is 12.3 Å². The fraction of sp³-hybridized carbons (Fsp3) is 0.182. The molecule has 0 aliphatic heterocycles. The Bertz CT molecular complexity index is 588. The van der Waals surface area contributed by atoms with Crippen molar-refractivity contribution in [3.05, 3.63) is 23.2 Å². The van der Waals surface area contributed by atoms with E-state index in [0.29, 0.717) is 4.88 Å². The van der Waals surface area contributed by atoms with Gasteiger partial charge in [0.1, 0.15) is 4.83 Å². The van der Waals surface area contributed by atoms with E-state index in [9.17, 15) is 4.79 Å². The van der Waals surface area contributed by atoms with Gasteiger partial charge < -0.3 is 10.6 Å². The molecule has 0 fully saturated rings. The highest BCUT2D eigenvalue weighted by Crippen LogP contribution is 2.31. The fourth-order valence-electron chi connectivity index (χ4n) is 1.55. The molecule has 2 rings (SSSR count). The number of hydrogen-bond acceptors (Lipinski definition) is 4. The zero-order valence-corrected chi connectivity index (χ0v) is 10.4. The van der Waals surface area contributed by atoms with Crippen molar-refractivity contribution >= 4 is 39.5 Å². The van der Waals surface area contributed by atoms with Crippen molar-refractivity contribution in [2.75, 3.05) is 19.0 Å². The van der Waals surface area contributed by atoms with E-state index in [2.05, 4.69) is 9.98 Å². The van der Waals surface area contributed by atoms with Crippen LogP contribution < -0.4 is 10.6 Å². The second-order valence-electron chi connectivity index (χ2n) is 3.64. The Morgan fingerprint density at radius 2 is 2.35 bits per heavy atom. The van der Waals surface area contributed by atoms with Crippen LogP contribution >= 0.6 is 11.3 Å². The molecule has 2 aromatic heterocycles. The molecule has 6 heteroatoms. The lowest BCUT2D eigenvalue weighted by molar-refractivity contribution is 0.101. The molecular weight excluding hydrogens is 236 g/mol. The number of amides is 1. The van der Waals surface area contributed by atoms with Crippen LogP contribution in [0.4, 0.5) is 5.69 Å². The van der Waals surface area contributed by atoms with E-state index >= 15 is 0 Å². The largest absolute Gasteiger partial charge is 0.390 e. The molecule has 2 heterocycles. The zero-order chi connectivity index (χ0) is 12.4. The van der Waals surface area contributed by atoms with Gasteiger partial charge in [0.05, 0.1) is 11.2 Å². The number of nitrogens with zero attached hydrogens (tertiary/aromatic N) is 3. The van der Waals surface area contributed by atoms with Crippen molar-refractivity contribution in [3.8, 4) is 0 Å². The molecule has 0 aliphatic rings. The third kappa shape index (κ3) is 2.12. The summed E-state index contributed by atoms with van der Waals surface area (Å²) >= 11 is 1.32. The van der Waals surface area contributed by atoms with Crippen LogP contribution in [0.2, 0.25) is 0 Å². The van der Waals surface area contributed by atoms with Crippen LogP contribution in [0.5, 0.6) is 0 Å². The molecule has 17 heavy (non-hydrogen) atoms. The molecule has 0 saturated heterocycles. The molecule has 2 aromatic rings. The van der Waals surface area contributed by atoms with E-state index in [1.807, 2.05) is 25.1 Å². The first-order chi connectivity index (χ1) is 8.13. The summed E-state index contributed by atoms with van der Waals surface area (Å²) in [5, 5.41) is 0.957. The Morgan fingerprint density at radius 3 is 3.00 bits per heavy atom. The van der Waals surface area contributed by atoms with Crippen LogP contribution in [-0.4, -0.2) is 31.3 Å². The van der Waals surface area contributed by atoms with Crippen molar-refractivity contribution in [1.82, 2.24) is 4.98 Å². The maximum atomic E-state index is 11.6. The third-order valence-electron chi connectivity index (χ3n) is 2.30. The summed E-state index contributed by atoms with van der Waals surface area (Å²) in [6, 6.07) is 3.72. The summed E-state index contributed by atoms with van der Waals surface area (Å²) in [5.41, 5.74) is 6.14. The molecule has 1 amide bonds. The number of rotatable bonds is 2. The fourth-order valence-corrected chi connectivity index (χ4v) is 2.46. The van der Waals surface area contributed by atoms with Gasteiger partial charge in [-0.1, -0.05) is 0 Å². The Hall–Kier alpha value is -1.95. The summed E-state index contributed by atoms with van der Waals surface area (Å²) in [4.78, 5) is 22.7. The van der Waals surface area contributed by atoms with Gasteiger partial charge in [0.15, 0.2) is 0 Å². The first-order valence-electron chi connectivity index (χ1n) is 4.98. The average molecular weight is 248 g/mol. The molecule has 0 aliphatic carbocycles. The highest BCUT2D eigenvalue weighted by molar-refractivity contribution is 7.20. The average Bonchev–Trinajstić information content (AvgIpc) is 2.72. The van der Waals surface area contributed by atoms with Crippen LogP contribution in [0.25, 0.3) is 10.2 Å². The number of nitrogens with two attached hydrogens (primary N) is 1. The number of thiophene rings is 1. The third-order valence-corrected chi connectivity index (χ3v) is 3.33. The lowest BCUT2D eigenvalue weighted by atomic mass is 10.2. The lowest BCUT2D eigenvalue weighted by Gasteiger charge is -2.12. The van der Waals surface area contributed by atoms with Gasteiger partial charge in [-0.15, -0.1) is 11.3 Å². The number of pyridine rings is 1. The van der Waals surface area contributed by atoms with Crippen molar-refractivity contribution in [1.29, 1.82) is 0 Å². The van der Waals surface area contributed by atoms with Gasteiger partial charge in [-0.2, -0.15) is 4.99 Å². The van der Waals surface area contributed by atoms with Gasteiger partial charge in [-0.05, 0) is 12.1 Å². The van der Waals surface area contributed by atoms with Crippen molar-refractivity contribution in [2.45, 2.75) is 0 Å². The summed E-state index contributed by atoms with van der Waals surface area (Å²) in [6.07, 6.45) is 2.74. The maximum absolute atomic E-state index is 11.6. The Kier molecular flexibility index (Phi) is 3.06. The van der Waals surface area contributed by atoms with E-state index in [1.165, 1.54) is 11.3 Å². The van der Waals surface area contributed by atoms with E-state index in [0.717, 1.165) is 22.2 Å². The molecule has 2 N–H and O–H groups in total. The molecule has 5 nitrogen and oxygen atoms in total.